The molecule has 0 aromatic heterocycles. The largest absolute Gasteiger partial charge is 0.480 e. The number of carboxylic acid groups (broad SMARTS) is 1. The van der Waals surface area contributed by atoms with Crippen LogP contribution in [-0.2, 0) is 14.4 Å². The fourth-order valence-electron chi connectivity index (χ4n) is 2.54. The molecule has 0 aromatic rings. The fraction of sp³-hybridized carbons (Fsp3) is 0.769. The van der Waals surface area contributed by atoms with Crippen molar-refractivity contribution in [1.82, 2.24) is 10.2 Å². The Morgan fingerprint density at radius 3 is 2.52 bits per heavy atom. The summed E-state index contributed by atoms with van der Waals surface area (Å²) in [6.45, 7) is 1.76. The molecule has 2 heterocycles. The third-order valence-corrected chi connectivity index (χ3v) is 5.92. The molecule has 2 rings (SSSR count). The molecule has 118 valence electrons. The molecular formula is C13H20N2O4S2. The Hall–Kier alpha value is -0.890. The first-order valence-corrected chi connectivity index (χ1v) is 9.31. The van der Waals surface area contributed by atoms with Gasteiger partial charge in [0.2, 0.25) is 11.8 Å². The van der Waals surface area contributed by atoms with E-state index in [2.05, 4.69) is 5.32 Å². The van der Waals surface area contributed by atoms with Crippen molar-refractivity contribution >= 4 is 41.3 Å². The van der Waals surface area contributed by atoms with Gasteiger partial charge in [-0.25, -0.2) is 4.79 Å². The first-order chi connectivity index (χ1) is 10.00. The van der Waals surface area contributed by atoms with Gasteiger partial charge in [0.25, 0.3) is 0 Å². The third kappa shape index (κ3) is 3.48. The predicted molar refractivity (Wildman–Crippen MR) is 83.3 cm³/mol. The van der Waals surface area contributed by atoms with E-state index in [9.17, 15) is 19.5 Å². The summed E-state index contributed by atoms with van der Waals surface area (Å²) in [6.07, 6.45) is 1.21. The number of rotatable bonds is 4. The lowest BCUT2D eigenvalue weighted by molar-refractivity contribution is -0.149. The molecule has 2 amide bonds. The van der Waals surface area contributed by atoms with Gasteiger partial charge in [-0.2, -0.15) is 11.8 Å². The number of nitrogens with one attached hydrogen (secondary N) is 1. The predicted octanol–water partition coefficient (Wildman–Crippen LogP) is 0.764. The van der Waals surface area contributed by atoms with Gasteiger partial charge in [-0.15, -0.1) is 11.8 Å². The summed E-state index contributed by atoms with van der Waals surface area (Å²) >= 11 is 3.22. The SMILES string of the molecule is CCC(=O)N1CSCC1C(=O)NC1(C(=O)O)CCSCC1. The molecule has 8 heteroatoms. The molecule has 2 aliphatic rings. The van der Waals surface area contributed by atoms with Crippen LogP contribution in [0.2, 0.25) is 0 Å². The van der Waals surface area contributed by atoms with Gasteiger partial charge in [-0.1, -0.05) is 6.92 Å². The number of thioether (sulfide) groups is 2. The quantitative estimate of drug-likeness (QED) is 0.790. The van der Waals surface area contributed by atoms with Crippen molar-refractivity contribution in [3.63, 3.8) is 0 Å². The highest BCUT2D eigenvalue weighted by atomic mass is 32.2. The number of hydrogen-bond acceptors (Lipinski definition) is 5. The number of carbonyl (C=O) groups excluding carboxylic acids is 2. The highest BCUT2D eigenvalue weighted by Gasteiger charge is 2.44. The van der Waals surface area contributed by atoms with Crippen molar-refractivity contribution in [2.75, 3.05) is 23.1 Å². The van der Waals surface area contributed by atoms with Crippen LogP contribution in [0.25, 0.3) is 0 Å². The second-order valence-electron chi connectivity index (χ2n) is 5.22. The number of carbonyl (C=O) groups is 3. The van der Waals surface area contributed by atoms with E-state index in [1.165, 1.54) is 11.8 Å². The summed E-state index contributed by atoms with van der Waals surface area (Å²) < 4.78 is 0. The molecule has 21 heavy (non-hydrogen) atoms. The molecule has 2 aliphatic heterocycles. The molecular weight excluding hydrogens is 312 g/mol. The van der Waals surface area contributed by atoms with Gasteiger partial charge >= 0.3 is 5.97 Å². The Balaban J connectivity index is 2.08. The summed E-state index contributed by atoms with van der Waals surface area (Å²) in [4.78, 5) is 37.5. The van der Waals surface area contributed by atoms with Crippen LogP contribution in [0.15, 0.2) is 0 Å². The van der Waals surface area contributed by atoms with Crippen LogP contribution in [0.3, 0.4) is 0 Å². The number of hydrogen-bond donors (Lipinski definition) is 2. The molecule has 2 fully saturated rings. The zero-order valence-electron chi connectivity index (χ0n) is 12.0. The number of amides is 2. The van der Waals surface area contributed by atoms with Gasteiger partial charge in [0.1, 0.15) is 11.6 Å². The number of aliphatic carboxylic acids is 1. The van der Waals surface area contributed by atoms with Crippen molar-refractivity contribution in [3.8, 4) is 0 Å². The first kappa shape index (κ1) is 16.5. The topological polar surface area (TPSA) is 86.7 Å². The lowest BCUT2D eigenvalue weighted by atomic mass is 9.92. The van der Waals surface area contributed by atoms with Crippen LogP contribution < -0.4 is 5.32 Å². The minimum Gasteiger partial charge on any atom is -0.480 e. The highest BCUT2D eigenvalue weighted by Crippen LogP contribution is 2.29. The molecule has 0 saturated carbocycles. The molecule has 0 radical (unpaired) electrons. The van der Waals surface area contributed by atoms with Crippen molar-refractivity contribution < 1.29 is 19.5 Å². The van der Waals surface area contributed by atoms with Crippen LogP contribution in [0, 0.1) is 0 Å². The van der Waals surface area contributed by atoms with E-state index in [4.69, 9.17) is 0 Å². The molecule has 1 atom stereocenters. The molecule has 0 bridgehead atoms. The zero-order valence-corrected chi connectivity index (χ0v) is 13.6. The van der Waals surface area contributed by atoms with Gasteiger partial charge in [0.05, 0.1) is 5.88 Å². The summed E-state index contributed by atoms with van der Waals surface area (Å²) in [5.41, 5.74) is -1.17. The Kier molecular flexibility index (Phi) is 5.43. The van der Waals surface area contributed by atoms with Gasteiger partial charge in [-0.3, -0.25) is 9.59 Å². The maximum Gasteiger partial charge on any atom is 0.329 e. The smallest absolute Gasteiger partial charge is 0.329 e. The van der Waals surface area contributed by atoms with Gasteiger partial charge < -0.3 is 15.3 Å². The second kappa shape index (κ2) is 6.91. The Morgan fingerprint density at radius 2 is 1.95 bits per heavy atom. The third-order valence-electron chi connectivity index (χ3n) is 3.93. The maximum atomic E-state index is 12.5. The van der Waals surface area contributed by atoms with Crippen LogP contribution in [-0.4, -0.2) is 62.5 Å². The molecule has 1 unspecified atom stereocenters. The molecule has 0 aromatic carbocycles. The summed E-state index contributed by atoms with van der Waals surface area (Å²) in [5, 5.41) is 12.2. The minimum absolute atomic E-state index is 0.0660. The van der Waals surface area contributed by atoms with E-state index in [1.54, 1.807) is 23.6 Å². The second-order valence-corrected chi connectivity index (χ2v) is 7.45. The normalized spacial score (nSPS) is 24.6. The van der Waals surface area contributed by atoms with Crippen LogP contribution in [0.4, 0.5) is 0 Å². The van der Waals surface area contributed by atoms with Crippen molar-refractivity contribution in [2.24, 2.45) is 0 Å². The summed E-state index contributed by atoms with van der Waals surface area (Å²) in [6, 6.07) is -0.548. The standard InChI is InChI=1S/C13H20N2O4S2/c1-2-10(16)15-8-21-7-9(15)11(17)14-13(12(18)19)3-5-20-6-4-13/h9H,2-8H2,1H3,(H,14,17)(H,18,19). The van der Waals surface area contributed by atoms with E-state index in [-0.39, 0.29) is 11.8 Å². The minimum atomic E-state index is -1.17. The Morgan fingerprint density at radius 1 is 1.29 bits per heavy atom. The molecule has 6 nitrogen and oxygen atoms in total. The van der Waals surface area contributed by atoms with Crippen molar-refractivity contribution in [1.29, 1.82) is 0 Å². The maximum absolute atomic E-state index is 12.5. The first-order valence-electron chi connectivity index (χ1n) is 7.00. The van der Waals surface area contributed by atoms with Crippen molar-refractivity contribution in [2.45, 2.75) is 37.8 Å². The summed E-state index contributed by atoms with van der Waals surface area (Å²) in [7, 11) is 0. The molecule has 0 spiro atoms. The van der Waals surface area contributed by atoms with E-state index in [0.29, 0.717) is 30.9 Å². The average Bonchev–Trinajstić information content (AvgIpc) is 2.96. The Labute approximate surface area is 132 Å². The van der Waals surface area contributed by atoms with E-state index >= 15 is 0 Å². The molecule has 0 aliphatic carbocycles. The lowest BCUT2D eigenvalue weighted by Gasteiger charge is -2.35. The van der Waals surface area contributed by atoms with E-state index in [1.807, 2.05) is 0 Å². The molecule has 2 saturated heterocycles. The van der Waals surface area contributed by atoms with Gasteiger partial charge in [0, 0.05) is 12.2 Å². The highest BCUT2D eigenvalue weighted by molar-refractivity contribution is 7.99. The van der Waals surface area contributed by atoms with Crippen LogP contribution >= 0.6 is 23.5 Å². The average molecular weight is 332 g/mol. The fourth-order valence-corrected chi connectivity index (χ4v) is 4.91. The van der Waals surface area contributed by atoms with Crippen molar-refractivity contribution in [3.05, 3.63) is 0 Å². The number of carboxylic acids is 1. The van der Waals surface area contributed by atoms with E-state index in [0.717, 1.165) is 11.5 Å². The van der Waals surface area contributed by atoms with Gasteiger partial charge in [-0.05, 0) is 24.3 Å². The van der Waals surface area contributed by atoms with Gasteiger partial charge in [0.15, 0.2) is 0 Å². The van der Waals surface area contributed by atoms with Crippen LogP contribution in [0.1, 0.15) is 26.2 Å². The Bertz CT molecular complexity index is 438. The lowest BCUT2D eigenvalue weighted by Crippen LogP contribution is -2.60. The zero-order chi connectivity index (χ0) is 15.5. The summed E-state index contributed by atoms with van der Waals surface area (Å²) in [5.74, 6) is 1.10. The molecule has 2 N–H and O–H groups in total. The number of nitrogens with zero attached hydrogens (tertiary/aromatic N) is 1. The van der Waals surface area contributed by atoms with E-state index < -0.39 is 17.6 Å². The van der Waals surface area contributed by atoms with Crippen LogP contribution in [0.5, 0.6) is 0 Å². The monoisotopic (exact) mass is 332 g/mol.